The van der Waals surface area contributed by atoms with E-state index in [1.807, 2.05) is 55.4 Å². The molecule has 0 radical (unpaired) electrons. The van der Waals surface area contributed by atoms with E-state index in [0.717, 1.165) is 0 Å². The van der Waals surface area contributed by atoms with Crippen molar-refractivity contribution in [3.63, 3.8) is 0 Å². The molecule has 0 amide bonds. The summed E-state index contributed by atoms with van der Waals surface area (Å²) in [6, 6.07) is 20.8. The highest BCUT2D eigenvalue weighted by Gasteiger charge is 2.46. The van der Waals surface area contributed by atoms with Crippen LogP contribution in [0.5, 0.6) is 23.0 Å². The Morgan fingerprint density at radius 2 is 0.859 bits per heavy atom. The van der Waals surface area contributed by atoms with Gasteiger partial charge in [-0.25, -0.2) is 9.59 Å². The molecule has 0 aliphatic heterocycles. The lowest BCUT2D eigenvalue weighted by molar-refractivity contribution is -0.275. The van der Waals surface area contributed by atoms with Gasteiger partial charge in [0.05, 0.1) is 17.2 Å². The third-order valence-corrected chi connectivity index (χ3v) is 10.8. The van der Waals surface area contributed by atoms with E-state index >= 15 is 0 Å². The van der Waals surface area contributed by atoms with Crippen LogP contribution in [0.4, 0.5) is 26.3 Å². The first-order chi connectivity index (χ1) is 29.4. The highest BCUT2D eigenvalue weighted by Crippen LogP contribution is 2.46. The first-order valence-corrected chi connectivity index (χ1v) is 20.3. The van der Waals surface area contributed by atoms with Gasteiger partial charge in [0.15, 0.2) is 0 Å². The van der Waals surface area contributed by atoms with Crippen molar-refractivity contribution in [2.45, 2.75) is 112 Å². The molecular weight excluding hydrogens is 847 g/mol. The highest BCUT2D eigenvalue weighted by molar-refractivity contribution is 5.85. The number of alkyl halides is 6. The fraction of sp³-hybridized carbons (Fsp3) is 0.388. The van der Waals surface area contributed by atoms with Crippen molar-refractivity contribution in [2.24, 2.45) is 10.8 Å². The largest absolute Gasteiger partial charge is 0.573 e. The molecule has 0 aliphatic carbocycles. The van der Waals surface area contributed by atoms with Gasteiger partial charge >= 0.3 is 24.0 Å². The van der Waals surface area contributed by atoms with Crippen molar-refractivity contribution in [3.8, 4) is 45.3 Å². The monoisotopic (exact) mass is 896 g/mol. The number of aliphatic hydroxyl groups excluding tert-OH is 1. The van der Waals surface area contributed by atoms with Gasteiger partial charge in [-0.05, 0) is 125 Å². The van der Waals surface area contributed by atoms with Gasteiger partial charge in [-0.1, -0.05) is 52.0 Å². The number of hydrogen-bond acceptors (Lipinski definition) is 9. The normalized spacial score (nSPS) is 13.2. The third kappa shape index (κ3) is 11.4. The van der Waals surface area contributed by atoms with Crippen LogP contribution in [0.2, 0.25) is 0 Å². The summed E-state index contributed by atoms with van der Waals surface area (Å²) in [5.41, 5.74) is -3.95. The highest BCUT2D eigenvalue weighted by atomic mass is 19.4. The van der Waals surface area contributed by atoms with Gasteiger partial charge in [0, 0.05) is 34.0 Å². The number of hydrogen-bond donors (Lipinski definition) is 1. The second-order valence-electron chi connectivity index (χ2n) is 18.8. The van der Waals surface area contributed by atoms with Crippen molar-refractivity contribution in [2.75, 3.05) is 0 Å². The average molecular weight is 897 g/mol. The molecule has 0 saturated heterocycles. The molecule has 15 heteroatoms. The number of rotatable bonds is 14. The first-order valence-electron chi connectivity index (χ1n) is 20.3. The van der Waals surface area contributed by atoms with Gasteiger partial charge in [0.2, 0.25) is 0 Å². The summed E-state index contributed by atoms with van der Waals surface area (Å²) in [4.78, 5) is 26.3. The number of benzene rings is 4. The van der Waals surface area contributed by atoms with Crippen LogP contribution in [0.25, 0.3) is 44.2 Å². The lowest BCUT2D eigenvalue weighted by atomic mass is 9.65. The van der Waals surface area contributed by atoms with Gasteiger partial charge in [-0.15, -0.1) is 26.3 Å². The van der Waals surface area contributed by atoms with Crippen LogP contribution in [0, 0.1) is 24.7 Å². The topological polar surface area (TPSA) is 118 Å². The molecule has 9 nitrogen and oxygen atoms in total. The number of aryl methyl sites for hydroxylation is 2. The lowest BCUT2D eigenvalue weighted by Gasteiger charge is -2.46. The quantitative estimate of drug-likeness (QED) is 0.0842. The standard InChI is InChI=1S/C49H50F6O9/c1-27-11-17-33(39(19-27)63-48(50,51)52)35-21-29-13-15-31(23-37(29)59-41(35)56)61-46(7,8)25-44(3,4)43(58)45(5,6)26-47(9,10)62-32-16-14-30-22-36(42(57)60-38(30)24-32)34-18-12-28(2)20-40(34)64-49(53,54)55/h11-24,43,58H,25-26H2,1-10H3. The number of ether oxygens (including phenoxy) is 4. The van der Waals surface area contributed by atoms with Crippen LogP contribution in [0.15, 0.2) is 103 Å². The summed E-state index contributed by atoms with van der Waals surface area (Å²) in [6.45, 7) is 18.4. The van der Waals surface area contributed by atoms with E-state index in [0.29, 0.717) is 46.2 Å². The Morgan fingerprint density at radius 1 is 0.500 bits per heavy atom. The van der Waals surface area contributed by atoms with E-state index in [1.54, 1.807) is 50.2 Å². The molecule has 0 spiro atoms. The SMILES string of the molecule is Cc1ccc(-c2cc3ccc(OC(C)(C)CC(C)(C)C(O)C(C)(C)CC(C)(C)Oc4ccc5cc(-c6ccc(C)cc6OC(F)(F)F)c(=O)oc5c4)cc3oc2=O)c(OC(F)(F)F)c1. The van der Waals surface area contributed by atoms with Crippen molar-refractivity contribution in [1.82, 2.24) is 0 Å². The zero-order valence-corrected chi connectivity index (χ0v) is 37.1. The summed E-state index contributed by atoms with van der Waals surface area (Å²) in [5, 5.41) is 12.9. The molecule has 0 aliphatic rings. The van der Waals surface area contributed by atoms with Gasteiger partial charge in [0.25, 0.3) is 0 Å². The summed E-state index contributed by atoms with van der Waals surface area (Å²) in [6.07, 6.45) is -10.1. The Morgan fingerprint density at radius 3 is 1.20 bits per heavy atom. The number of fused-ring (bicyclic) bond motifs is 2. The molecule has 0 bridgehead atoms. The molecule has 2 aromatic heterocycles. The Balaban J connectivity index is 1.14. The van der Waals surface area contributed by atoms with Crippen molar-refractivity contribution in [3.05, 3.63) is 117 Å². The third-order valence-electron chi connectivity index (χ3n) is 10.8. The van der Waals surface area contributed by atoms with Gasteiger partial charge in [-0.3, -0.25) is 0 Å². The fourth-order valence-corrected chi connectivity index (χ4v) is 8.96. The van der Waals surface area contributed by atoms with Gasteiger partial charge < -0.3 is 32.9 Å². The van der Waals surface area contributed by atoms with Crippen LogP contribution in [0.1, 0.15) is 79.4 Å². The average Bonchev–Trinajstić information content (AvgIpc) is 3.12. The Kier molecular flexibility index (Phi) is 12.5. The summed E-state index contributed by atoms with van der Waals surface area (Å²) in [5.74, 6) is -0.319. The molecule has 0 fully saturated rings. The zero-order chi connectivity index (χ0) is 47.4. The van der Waals surface area contributed by atoms with E-state index in [-0.39, 0.29) is 33.4 Å². The van der Waals surface area contributed by atoms with E-state index in [4.69, 9.17) is 18.3 Å². The fourth-order valence-electron chi connectivity index (χ4n) is 8.96. The molecule has 1 N–H and O–H groups in total. The molecule has 6 aromatic rings. The van der Waals surface area contributed by atoms with Crippen molar-refractivity contribution < 1.29 is 59.2 Å². The molecule has 0 atom stereocenters. The Labute approximate surface area is 365 Å². The lowest BCUT2D eigenvalue weighted by Crippen LogP contribution is -2.49. The zero-order valence-electron chi connectivity index (χ0n) is 37.1. The van der Waals surface area contributed by atoms with Crippen molar-refractivity contribution >= 4 is 21.9 Å². The minimum absolute atomic E-state index is 0.0694. The molecule has 342 valence electrons. The van der Waals surface area contributed by atoms with Crippen LogP contribution >= 0.6 is 0 Å². The minimum Gasteiger partial charge on any atom is -0.488 e. The first kappa shape index (κ1) is 47.5. The van der Waals surface area contributed by atoms with Crippen LogP contribution in [-0.2, 0) is 0 Å². The van der Waals surface area contributed by atoms with E-state index in [2.05, 4.69) is 9.47 Å². The van der Waals surface area contributed by atoms with Gasteiger partial charge in [0.1, 0.15) is 45.4 Å². The van der Waals surface area contributed by atoms with Crippen LogP contribution in [-0.4, -0.2) is 35.1 Å². The molecule has 0 saturated carbocycles. The second-order valence-corrected chi connectivity index (χ2v) is 18.8. The van der Waals surface area contributed by atoms with Crippen LogP contribution in [0.3, 0.4) is 0 Å². The Hall–Kier alpha value is -5.96. The molecule has 0 unspecified atom stereocenters. The Bertz CT molecular complexity index is 2620. The molecule has 6 rings (SSSR count). The maximum absolute atomic E-state index is 13.2. The summed E-state index contributed by atoms with van der Waals surface area (Å²) in [7, 11) is 0. The smallest absolute Gasteiger partial charge is 0.488 e. The maximum atomic E-state index is 13.2. The molecule has 4 aromatic carbocycles. The molecule has 2 heterocycles. The molecular formula is C49H50F6O9. The van der Waals surface area contributed by atoms with E-state index in [9.17, 15) is 41.0 Å². The molecule has 64 heavy (non-hydrogen) atoms. The van der Waals surface area contributed by atoms with Crippen LogP contribution < -0.4 is 30.2 Å². The second kappa shape index (κ2) is 16.9. The predicted molar refractivity (Wildman–Crippen MR) is 231 cm³/mol. The number of halogens is 6. The van der Waals surface area contributed by atoms with E-state index < -0.39 is 63.6 Å². The van der Waals surface area contributed by atoms with Gasteiger partial charge in [-0.2, -0.15) is 0 Å². The van der Waals surface area contributed by atoms with Crippen molar-refractivity contribution in [1.29, 1.82) is 0 Å². The summed E-state index contributed by atoms with van der Waals surface area (Å²) >= 11 is 0. The number of aliphatic hydroxyl groups is 1. The van der Waals surface area contributed by atoms with E-state index in [1.165, 1.54) is 48.5 Å². The minimum atomic E-state index is -4.97. The summed E-state index contributed by atoms with van der Waals surface area (Å²) < 4.78 is 112. The predicted octanol–water partition coefficient (Wildman–Crippen LogP) is 12.9. The maximum Gasteiger partial charge on any atom is 0.573 e.